The monoisotopic (exact) mass is 461 g/mol. The van der Waals surface area contributed by atoms with E-state index >= 15 is 0 Å². The average Bonchev–Trinajstić information content (AvgIpc) is 3.24. The van der Waals surface area contributed by atoms with Crippen LogP contribution in [0.25, 0.3) is 11.8 Å². The summed E-state index contributed by atoms with van der Waals surface area (Å²) in [7, 11) is 0. The molecule has 0 spiro atoms. The number of carbonyl (C=O) groups excluding carboxylic acids is 3. The Morgan fingerprint density at radius 1 is 1.06 bits per heavy atom. The van der Waals surface area contributed by atoms with Gasteiger partial charge in [-0.3, -0.25) is 9.69 Å². The minimum Gasteiger partial charge on any atom is -0.462 e. The van der Waals surface area contributed by atoms with E-state index in [0.717, 1.165) is 27.5 Å². The van der Waals surface area contributed by atoms with E-state index in [1.807, 2.05) is 36.6 Å². The normalized spacial score (nSPS) is 14.6. The number of esters is 1. The first-order valence-electron chi connectivity index (χ1n) is 10.8. The Hall–Kier alpha value is -4.20. The molecule has 4 rings (SSSR count). The van der Waals surface area contributed by atoms with Gasteiger partial charge in [-0.25, -0.2) is 14.0 Å². The highest BCUT2D eigenvalue weighted by Crippen LogP contribution is 2.25. The smallest absolute Gasteiger partial charge is 0.338 e. The molecule has 3 aromatic rings. The van der Waals surface area contributed by atoms with Crippen LogP contribution >= 0.6 is 0 Å². The highest BCUT2D eigenvalue weighted by molar-refractivity contribution is 6.14. The molecule has 0 saturated carbocycles. The van der Waals surface area contributed by atoms with Gasteiger partial charge in [0.15, 0.2) is 0 Å². The summed E-state index contributed by atoms with van der Waals surface area (Å²) in [6.45, 7) is 5.97. The van der Waals surface area contributed by atoms with Crippen LogP contribution in [0.2, 0.25) is 0 Å². The molecule has 1 saturated heterocycles. The molecule has 2 aromatic carbocycles. The molecule has 7 nitrogen and oxygen atoms in total. The van der Waals surface area contributed by atoms with Crippen molar-refractivity contribution in [3.8, 4) is 5.69 Å². The first-order valence-corrected chi connectivity index (χ1v) is 10.8. The second kappa shape index (κ2) is 9.35. The van der Waals surface area contributed by atoms with E-state index in [1.165, 1.54) is 12.1 Å². The molecular formula is C26H24FN3O4. The molecule has 2 heterocycles. The van der Waals surface area contributed by atoms with Crippen LogP contribution in [0.4, 0.5) is 9.18 Å². The molecule has 3 amide bonds. The van der Waals surface area contributed by atoms with Gasteiger partial charge in [-0.1, -0.05) is 12.1 Å². The zero-order valence-corrected chi connectivity index (χ0v) is 19.1. The van der Waals surface area contributed by atoms with E-state index in [4.69, 9.17) is 4.74 Å². The van der Waals surface area contributed by atoms with Gasteiger partial charge >= 0.3 is 12.0 Å². The van der Waals surface area contributed by atoms with Gasteiger partial charge in [0, 0.05) is 17.1 Å². The highest BCUT2D eigenvalue weighted by atomic mass is 19.1. The minimum absolute atomic E-state index is 0.0497. The predicted molar refractivity (Wildman–Crippen MR) is 125 cm³/mol. The molecule has 0 radical (unpaired) electrons. The lowest BCUT2D eigenvalue weighted by atomic mass is 10.2. The number of aromatic nitrogens is 1. The van der Waals surface area contributed by atoms with Crippen LogP contribution < -0.4 is 5.32 Å². The summed E-state index contributed by atoms with van der Waals surface area (Å²) in [6, 6.07) is 14.1. The van der Waals surface area contributed by atoms with Crippen molar-refractivity contribution in [2.45, 2.75) is 27.3 Å². The second-order valence-electron chi connectivity index (χ2n) is 7.94. The van der Waals surface area contributed by atoms with E-state index < -0.39 is 11.9 Å². The number of rotatable bonds is 6. The van der Waals surface area contributed by atoms with E-state index in [0.29, 0.717) is 17.7 Å². The number of carbonyl (C=O) groups is 3. The van der Waals surface area contributed by atoms with E-state index in [-0.39, 0.29) is 24.0 Å². The lowest BCUT2D eigenvalue weighted by Gasteiger charge is -2.11. The number of hydrogen-bond acceptors (Lipinski definition) is 4. The highest BCUT2D eigenvalue weighted by Gasteiger charge is 2.33. The summed E-state index contributed by atoms with van der Waals surface area (Å²) in [5, 5.41) is 2.63. The number of amides is 3. The summed E-state index contributed by atoms with van der Waals surface area (Å²) < 4.78 is 20.2. The van der Waals surface area contributed by atoms with Gasteiger partial charge in [0.1, 0.15) is 11.5 Å². The van der Waals surface area contributed by atoms with Crippen molar-refractivity contribution < 1.29 is 23.5 Å². The Balaban J connectivity index is 1.57. The third-order valence-electron chi connectivity index (χ3n) is 5.62. The molecule has 0 atom stereocenters. The Bertz CT molecular complexity index is 1290. The fourth-order valence-corrected chi connectivity index (χ4v) is 3.94. The number of urea groups is 1. The van der Waals surface area contributed by atoms with Gasteiger partial charge in [0.05, 0.1) is 18.7 Å². The number of halogens is 1. The molecule has 1 aromatic heterocycles. The maximum absolute atomic E-state index is 13.1. The average molecular weight is 461 g/mol. The zero-order valence-electron chi connectivity index (χ0n) is 19.1. The van der Waals surface area contributed by atoms with Crippen molar-refractivity contribution >= 4 is 24.0 Å². The summed E-state index contributed by atoms with van der Waals surface area (Å²) in [4.78, 5) is 38.3. The zero-order chi connectivity index (χ0) is 24.4. The number of benzene rings is 2. The molecule has 1 fully saturated rings. The third kappa shape index (κ3) is 4.47. The predicted octanol–water partition coefficient (Wildman–Crippen LogP) is 4.50. The Kier molecular flexibility index (Phi) is 6.32. The fraction of sp³-hybridized carbons (Fsp3) is 0.192. The van der Waals surface area contributed by atoms with Crippen molar-refractivity contribution in [1.82, 2.24) is 14.8 Å². The molecule has 34 heavy (non-hydrogen) atoms. The molecule has 0 unspecified atom stereocenters. The van der Waals surface area contributed by atoms with Crippen molar-refractivity contribution in [2.75, 3.05) is 6.61 Å². The number of ether oxygens (including phenoxy) is 1. The molecule has 8 heteroatoms. The Labute approximate surface area is 196 Å². The first-order chi connectivity index (χ1) is 16.3. The van der Waals surface area contributed by atoms with Gasteiger partial charge < -0.3 is 14.6 Å². The molecule has 1 N–H and O–H groups in total. The van der Waals surface area contributed by atoms with Gasteiger partial charge in [0.25, 0.3) is 5.91 Å². The molecule has 0 aliphatic carbocycles. The maximum atomic E-state index is 13.1. The van der Waals surface area contributed by atoms with Crippen LogP contribution in [0, 0.1) is 19.7 Å². The Morgan fingerprint density at radius 3 is 2.38 bits per heavy atom. The standard InChI is InChI=1S/C26H24FN3O4/c1-4-34-25(32)19-7-11-22(12-8-19)30-16(2)13-20(17(30)3)14-23-24(31)29(26(33)28-23)15-18-5-9-21(27)10-6-18/h5-14H,4,15H2,1-3H3,(H,28,33)/b23-14+. The van der Waals surface area contributed by atoms with Crippen LogP contribution in [-0.2, 0) is 16.1 Å². The molecule has 1 aliphatic heterocycles. The van der Waals surface area contributed by atoms with Crippen molar-refractivity contribution in [3.05, 3.63) is 94.2 Å². The number of nitrogens with one attached hydrogen (secondary N) is 1. The topological polar surface area (TPSA) is 80.6 Å². The number of hydrogen-bond donors (Lipinski definition) is 1. The van der Waals surface area contributed by atoms with Gasteiger partial charge in [-0.05, 0) is 80.4 Å². The van der Waals surface area contributed by atoms with Gasteiger partial charge in [-0.2, -0.15) is 0 Å². The minimum atomic E-state index is -0.524. The largest absolute Gasteiger partial charge is 0.462 e. The van der Waals surface area contributed by atoms with Crippen LogP contribution in [0.3, 0.4) is 0 Å². The molecule has 1 aliphatic rings. The fourth-order valence-electron chi connectivity index (χ4n) is 3.94. The van der Waals surface area contributed by atoms with E-state index in [9.17, 15) is 18.8 Å². The van der Waals surface area contributed by atoms with Crippen molar-refractivity contribution in [2.24, 2.45) is 0 Å². The van der Waals surface area contributed by atoms with Crippen LogP contribution in [0.5, 0.6) is 0 Å². The Morgan fingerprint density at radius 2 is 1.74 bits per heavy atom. The second-order valence-corrected chi connectivity index (χ2v) is 7.94. The van der Waals surface area contributed by atoms with Gasteiger partial charge in [0.2, 0.25) is 0 Å². The molecule has 0 bridgehead atoms. The number of nitrogens with zero attached hydrogens (tertiary/aromatic N) is 2. The number of aryl methyl sites for hydroxylation is 1. The van der Waals surface area contributed by atoms with E-state index in [1.54, 1.807) is 37.3 Å². The summed E-state index contributed by atoms with van der Waals surface area (Å²) >= 11 is 0. The lowest BCUT2D eigenvalue weighted by molar-refractivity contribution is -0.123. The van der Waals surface area contributed by atoms with Crippen LogP contribution in [0.1, 0.15) is 39.8 Å². The summed E-state index contributed by atoms with van der Waals surface area (Å²) in [5.74, 6) is -1.20. The SMILES string of the molecule is CCOC(=O)c1ccc(-n2c(C)cc(/C=C3/NC(=O)N(Cc4ccc(F)cc4)C3=O)c2C)cc1. The third-order valence-corrected chi connectivity index (χ3v) is 5.62. The summed E-state index contributed by atoms with van der Waals surface area (Å²) in [6.07, 6.45) is 1.65. The van der Waals surface area contributed by atoms with Crippen LogP contribution in [-0.4, -0.2) is 34.0 Å². The van der Waals surface area contributed by atoms with Crippen molar-refractivity contribution in [1.29, 1.82) is 0 Å². The van der Waals surface area contributed by atoms with Crippen molar-refractivity contribution in [3.63, 3.8) is 0 Å². The quantitative estimate of drug-likeness (QED) is 0.333. The first kappa shape index (κ1) is 23.0. The number of imide groups is 1. The van der Waals surface area contributed by atoms with Crippen LogP contribution in [0.15, 0.2) is 60.3 Å². The summed E-state index contributed by atoms with van der Waals surface area (Å²) in [5.41, 5.74) is 4.71. The van der Waals surface area contributed by atoms with E-state index in [2.05, 4.69) is 5.32 Å². The van der Waals surface area contributed by atoms with Gasteiger partial charge in [-0.15, -0.1) is 0 Å². The molecular weight excluding hydrogens is 437 g/mol. The molecule has 174 valence electrons. The lowest BCUT2D eigenvalue weighted by Crippen LogP contribution is -2.30. The maximum Gasteiger partial charge on any atom is 0.338 e.